The zero-order chi connectivity index (χ0) is 21.1. The Morgan fingerprint density at radius 1 is 1.21 bits per heavy atom. The Morgan fingerprint density at radius 3 is 2.62 bits per heavy atom. The number of nitrogens with two attached hydrogens (primary N) is 1. The van der Waals surface area contributed by atoms with Crippen molar-refractivity contribution in [1.29, 1.82) is 0 Å². The second-order valence-corrected chi connectivity index (χ2v) is 11.3. The first-order chi connectivity index (χ1) is 13.6. The molecule has 5 nitrogen and oxygen atoms in total. The van der Waals surface area contributed by atoms with Gasteiger partial charge in [0.05, 0.1) is 6.10 Å². The Balaban J connectivity index is 1.62. The van der Waals surface area contributed by atoms with E-state index >= 15 is 0 Å². The molecule has 3 unspecified atom stereocenters. The number of aliphatic hydroxyl groups is 1. The molecule has 4 saturated carbocycles. The highest BCUT2D eigenvalue weighted by molar-refractivity contribution is 5.87. The largest absolute Gasteiger partial charge is 0.481 e. The van der Waals surface area contributed by atoms with Crippen molar-refractivity contribution in [2.45, 2.75) is 90.7 Å². The van der Waals surface area contributed by atoms with E-state index in [1.54, 1.807) is 0 Å². The monoisotopic (exact) mass is 405 g/mol. The van der Waals surface area contributed by atoms with E-state index in [0.29, 0.717) is 24.5 Å². The first kappa shape index (κ1) is 21.3. The number of aliphatic carboxylic acids is 1. The maximum absolute atomic E-state index is 13.7. The van der Waals surface area contributed by atoms with Gasteiger partial charge >= 0.3 is 5.97 Å². The molecule has 4 aliphatic carbocycles. The fourth-order valence-corrected chi connectivity index (χ4v) is 8.47. The molecule has 0 amide bonds. The standard InChI is InChI=1S/C24H39NO4/c1-13(4-7-21(28)29)16-5-6-17-22-18(12-20(27)24(16,17)3)23(2)9-8-15(25)10-14(23)11-19(22)26/h13-19,22,26H,4-12,25H2,1-3H3,(H,28,29)/t13-,14?,15?,16-,17+,18+,19?,22+,23+,24-/m1/s1. The van der Waals surface area contributed by atoms with Crippen molar-refractivity contribution in [2.75, 3.05) is 0 Å². The first-order valence-corrected chi connectivity index (χ1v) is 11.8. The topological polar surface area (TPSA) is 101 Å². The molecule has 4 rings (SSSR count). The number of carbonyl (C=O) groups excluding carboxylic acids is 1. The summed E-state index contributed by atoms with van der Waals surface area (Å²) in [6.45, 7) is 6.63. The SMILES string of the molecule is C[C@H](CCC(=O)O)[C@H]1CC[C@H]2[C@@H]3C(O)CC4CC(N)CC[C@]4(C)[C@H]3CC(=O)[C@]12C. The van der Waals surface area contributed by atoms with Gasteiger partial charge in [-0.15, -0.1) is 0 Å². The number of hydrogen-bond donors (Lipinski definition) is 3. The Morgan fingerprint density at radius 2 is 1.93 bits per heavy atom. The molecule has 4 aliphatic rings. The van der Waals surface area contributed by atoms with Crippen LogP contribution in [0.25, 0.3) is 0 Å². The number of carboxylic acids is 1. The van der Waals surface area contributed by atoms with Crippen molar-refractivity contribution >= 4 is 11.8 Å². The Bertz CT molecular complexity index is 680. The predicted molar refractivity (Wildman–Crippen MR) is 111 cm³/mol. The van der Waals surface area contributed by atoms with Crippen LogP contribution in [0.2, 0.25) is 0 Å². The zero-order valence-electron chi connectivity index (χ0n) is 18.3. The minimum Gasteiger partial charge on any atom is -0.481 e. The second kappa shape index (κ2) is 7.33. The summed E-state index contributed by atoms with van der Waals surface area (Å²) < 4.78 is 0. The van der Waals surface area contributed by atoms with Crippen molar-refractivity contribution < 1.29 is 19.8 Å². The lowest BCUT2D eigenvalue weighted by Crippen LogP contribution is -2.61. The van der Waals surface area contributed by atoms with Gasteiger partial charge in [0.2, 0.25) is 0 Å². The maximum Gasteiger partial charge on any atom is 0.303 e. The molecule has 0 aromatic rings. The lowest BCUT2D eigenvalue weighted by molar-refractivity contribution is -0.177. The molecule has 10 atom stereocenters. The average Bonchev–Trinajstić information content (AvgIpc) is 3.01. The summed E-state index contributed by atoms with van der Waals surface area (Å²) in [5.41, 5.74) is 5.97. The number of carboxylic acid groups (broad SMARTS) is 1. The lowest BCUT2D eigenvalue weighted by Gasteiger charge is -2.61. The molecule has 0 saturated heterocycles. The normalized spacial score (nSPS) is 50.4. The van der Waals surface area contributed by atoms with Crippen molar-refractivity contribution in [3.8, 4) is 0 Å². The quantitative estimate of drug-likeness (QED) is 0.663. The van der Waals surface area contributed by atoms with Gasteiger partial charge in [-0.2, -0.15) is 0 Å². The highest BCUT2D eigenvalue weighted by atomic mass is 16.4. The summed E-state index contributed by atoms with van der Waals surface area (Å²) in [6.07, 6.45) is 6.91. The molecule has 4 N–H and O–H groups in total. The molecule has 0 spiro atoms. The summed E-state index contributed by atoms with van der Waals surface area (Å²) in [5, 5.41) is 20.4. The third-order valence-electron chi connectivity index (χ3n) is 10.2. The van der Waals surface area contributed by atoms with Gasteiger partial charge in [0.1, 0.15) is 5.78 Å². The average molecular weight is 406 g/mol. The summed E-state index contributed by atoms with van der Waals surface area (Å²) in [4.78, 5) is 24.7. The minimum absolute atomic E-state index is 0.115. The van der Waals surface area contributed by atoms with E-state index in [-0.39, 0.29) is 53.6 Å². The number of fused-ring (bicyclic) bond motifs is 5. The Kier molecular flexibility index (Phi) is 5.39. The van der Waals surface area contributed by atoms with Crippen LogP contribution in [0, 0.1) is 46.3 Å². The molecule has 0 aromatic heterocycles. The van der Waals surface area contributed by atoms with Crippen LogP contribution < -0.4 is 5.73 Å². The maximum atomic E-state index is 13.7. The molecule has 0 bridgehead atoms. The van der Waals surface area contributed by atoms with Crippen LogP contribution in [-0.2, 0) is 9.59 Å². The van der Waals surface area contributed by atoms with Gasteiger partial charge in [-0.1, -0.05) is 20.8 Å². The summed E-state index contributed by atoms with van der Waals surface area (Å²) in [6, 6.07) is 0.229. The Labute approximate surface area is 174 Å². The van der Waals surface area contributed by atoms with E-state index < -0.39 is 11.4 Å². The smallest absolute Gasteiger partial charge is 0.303 e. The van der Waals surface area contributed by atoms with E-state index in [2.05, 4.69) is 20.8 Å². The van der Waals surface area contributed by atoms with Crippen LogP contribution in [0.3, 0.4) is 0 Å². The van der Waals surface area contributed by atoms with Gasteiger partial charge in [-0.25, -0.2) is 0 Å². The highest BCUT2D eigenvalue weighted by Gasteiger charge is 2.65. The van der Waals surface area contributed by atoms with E-state index in [1.807, 2.05) is 0 Å². The van der Waals surface area contributed by atoms with Crippen molar-refractivity contribution in [3.63, 3.8) is 0 Å². The van der Waals surface area contributed by atoms with E-state index in [4.69, 9.17) is 10.8 Å². The van der Waals surface area contributed by atoms with Gasteiger partial charge in [-0.05, 0) is 85.9 Å². The number of carbonyl (C=O) groups is 2. The van der Waals surface area contributed by atoms with Crippen LogP contribution >= 0.6 is 0 Å². The molecule has 5 heteroatoms. The fourth-order valence-electron chi connectivity index (χ4n) is 8.47. The van der Waals surface area contributed by atoms with Crippen LogP contribution in [-0.4, -0.2) is 34.1 Å². The number of rotatable bonds is 4. The van der Waals surface area contributed by atoms with Crippen molar-refractivity contribution in [2.24, 2.45) is 52.1 Å². The minimum atomic E-state index is -0.760. The summed E-state index contributed by atoms with van der Waals surface area (Å²) in [7, 11) is 0. The zero-order valence-corrected chi connectivity index (χ0v) is 18.3. The van der Waals surface area contributed by atoms with Gasteiger partial charge in [0.15, 0.2) is 0 Å². The third-order valence-corrected chi connectivity index (χ3v) is 10.2. The number of hydrogen-bond acceptors (Lipinski definition) is 4. The second-order valence-electron chi connectivity index (χ2n) is 11.3. The number of Topliss-reactive ketones (excluding diaryl/α,β-unsaturated/α-hetero) is 1. The van der Waals surface area contributed by atoms with E-state index in [9.17, 15) is 14.7 Å². The number of ketones is 1. The van der Waals surface area contributed by atoms with Crippen LogP contribution in [0.15, 0.2) is 0 Å². The number of aliphatic hydroxyl groups excluding tert-OH is 1. The van der Waals surface area contributed by atoms with Crippen LogP contribution in [0.4, 0.5) is 0 Å². The molecular weight excluding hydrogens is 366 g/mol. The summed E-state index contributed by atoms with van der Waals surface area (Å²) in [5.74, 6) is 1.19. The first-order valence-electron chi connectivity index (χ1n) is 11.8. The molecule has 0 radical (unpaired) electrons. The molecule has 0 heterocycles. The third kappa shape index (κ3) is 3.18. The molecule has 164 valence electrons. The Hall–Kier alpha value is -0.940. The van der Waals surface area contributed by atoms with Crippen LogP contribution in [0.5, 0.6) is 0 Å². The lowest BCUT2D eigenvalue weighted by atomic mass is 9.43. The van der Waals surface area contributed by atoms with Gasteiger partial charge in [0.25, 0.3) is 0 Å². The van der Waals surface area contributed by atoms with Crippen LogP contribution in [0.1, 0.15) is 78.6 Å². The molecule has 0 aliphatic heterocycles. The van der Waals surface area contributed by atoms with Crippen molar-refractivity contribution in [1.82, 2.24) is 0 Å². The predicted octanol–water partition coefficient (Wildman–Crippen LogP) is 3.62. The highest BCUT2D eigenvalue weighted by Crippen LogP contribution is 2.67. The van der Waals surface area contributed by atoms with Crippen molar-refractivity contribution in [3.05, 3.63) is 0 Å². The molecule has 29 heavy (non-hydrogen) atoms. The molecule has 4 fully saturated rings. The van der Waals surface area contributed by atoms with Gasteiger partial charge in [-0.3, -0.25) is 9.59 Å². The molecule has 0 aromatic carbocycles. The molecular formula is C24H39NO4. The van der Waals surface area contributed by atoms with Gasteiger partial charge < -0.3 is 15.9 Å². The summed E-state index contributed by atoms with van der Waals surface area (Å²) >= 11 is 0. The van der Waals surface area contributed by atoms with E-state index in [1.165, 1.54) is 0 Å². The van der Waals surface area contributed by atoms with Gasteiger partial charge in [0, 0.05) is 24.3 Å². The fraction of sp³-hybridized carbons (Fsp3) is 0.917. The van der Waals surface area contributed by atoms with E-state index in [0.717, 1.165) is 38.5 Å².